The van der Waals surface area contributed by atoms with Gasteiger partial charge in [-0.2, -0.15) is 13.2 Å². The SMILES string of the molecule is C=C(F)C(=O)N1C/C(=N\c2ncc(F)cn2)[C@H](OCc2ccc(C(F)(F)F)c(F)c2)C1. The minimum absolute atomic E-state index is 0.0996. The van der Waals surface area contributed by atoms with E-state index >= 15 is 0 Å². The predicted molar refractivity (Wildman–Crippen MR) is 95.9 cm³/mol. The van der Waals surface area contributed by atoms with Crippen molar-refractivity contribution in [3.05, 3.63) is 65.8 Å². The lowest BCUT2D eigenvalue weighted by Crippen LogP contribution is -2.30. The molecule has 12 heteroatoms. The second-order valence-corrected chi connectivity index (χ2v) is 6.51. The average Bonchev–Trinajstić information content (AvgIpc) is 3.09. The van der Waals surface area contributed by atoms with Crippen molar-refractivity contribution in [3.8, 4) is 0 Å². The molecule has 1 amide bonds. The minimum Gasteiger partial charge on any atom is -0.366 e. The van der Waals surface area contributed by atoms with Crippen molar-refractivity contribution >= 4 is 17.6 Å². The van der Waals surface area contributed by atoms with Gasteiger partial charge in [0.15, 0.2) is 11.6 Å². The Morgan fingerprint density at radius 2 is 1.94 bits per heavy atom. The smallest absolute Gasteiger partial charge is 0.366 e. The van der Waals surface area contributed by atoms with Gasteiger partial charge in [-0.05, 0) is 17.7 Å². The lowest BCUT2D eigenvalue weighted by atomic mass is 10.1. The molecule has 2 aromatic rings. The number of hydrogen-bond acceptors (Lipinski definition) is 5. The largest absolute Gasteiger partial charge is 0.419 e. The average molecular weight is 444 g/mol. The molecule has 1 atom stereocenters. The zero-order valence-electron chi connectivity index (χ0n) is 15.7. The molecule has 0 radical (unpaired) electrons. The fourth-order valence-electron chi connectivity index (χ4n) is 2.82. The molecule has 0 aliphatic carbocycles. The first-order valence-electron chi connectivity index (χ1n) is 8.70. The van der Waals surface area contributed by atoms with E-state index in [2.05, 4.69) is 21.5 Å². The van der Waals surface area contributed by atoms with Crippen molar-refractivity contribution in [2.24, 2.45) is 4.99 Å². The first-order chi connectivity index (χ1) is 14.5. The molecule has 1 aromatic carbocycles. The summed E-state index contributed by atoms with van der Waals surface area (Å²) < 4.78 is 83.6. The Labute approximate surface area is 171 Å². The molecule has 0 saturated carbocycles. The third-order valence-corrected chi connectivity index (χ3v) is 4.27. The number of likely N-dealkylation sites (tertiary alicyclic amines) is 1. The zero-order chi connectivity index (χ0) is 22.8. The fraction of sp³-hybridized carbons (Fsp3) is 0.263. The molecule has 1 aliphatic rings. The van der Waals surface area contributed by atoms with E-state index in [1.807, 2.05) is 0 Å². The molecule has 1 aromatic heterocycles. The van der Waals surface area contributed by atoms with Gasteiger partial charge in [0, 0.05) is 0 Å². The summed E-state index contributed by atoms with van der Waals surface area (Å²) in [5.41, 5.74) is -1.12. The summed E-state index contributed by atoms with van der Waals surface area (Å²) in [7, 11) is 0. The van der Waals surface area contributed by atoms with Crippen LogP contribution in [-0.4, -0.2) is 45.7 Å². The van der Waals surface area contributed by atoms with Crippen LogP contribution in [0, 0.1) is 11.6 Å². The molecule has 31 heavy (non-hydrogen) atoms. The Morgan fingerprint density at radius 1 is 1.26 bits per heavy atom. The third-order valence-electron chi connectivity index (χ3n) is 4.27. The van der Waals surface area contributed by atoms with E-state index < -0.39 is 41.2 Å². The van der Waals surface area contributed by atoms with E-state index in [9.17, 15) is 31.1 Å². The summed E-state index contributed by atoms with van der Waals surface area (Å²) >= 11 is 0. The standard InChI is InChI=1S/C19H14F6N4O2/c1-10(20)17(30)29-7-15(28-18-26-5-12(21)6-27-18)16(8-29)31-9-11-2-3-13(14(22)4-11)19(23,24)25/h2-6,16H,1,7-9H2/b28-15+/t16-/m1/s1. The number of ether oxygens (including phenoxy) is 1. The van der Waals surface area contributed by atoms with Crippen molar-refractivity contribution in [1.29, 1.82) is 0 Å². The van der Waals surface area contributed by atoms with Crippen LogP contribution in [0.3, 0.4) is 0 Å². The molecule has 0 spiro atoms. The molecule has 6 nitrogen and oxygen atoms in total. The van der Waals surface area contributed by atoms with Gasteiger partial charge in [-0.25, -0.2) is 28.1 Å². The summed E-state index contributed by atoms with van der Waals surface area (Å²) in [5.74, 6) is -4.50. The van der Waals surface area contributed by atoms with Gasteiger partial charge >= 0.3 is 6.18 Å². The van der Waals surface area contributed by atoms with Crippen molar-refractivity contribution in [1.82, 2.24) is 14.9 Å². The molecule has 1 saturated heterocycles. The van der Waals surface area contributed by atoms with Gasteiger partial charge in [-0.1, -0.05) is 12.6 Å². The van der Waals surface area contributed by atoms with Gasteiger partial charge < -0.3 is 9.64 Å². The number of halogens is 6. The zero-order valence-corrected chi connectivity index (χ0v) is 15.7. The van der Waals surface area contributed by atoms with Crippen LogP contribution >= 0.6 is 0 Å². The minimum atomic E-state index is -4.83. The third kappa shape index (κ3) is 5.45. The van der Waals surface area contributed by atoms with Crippen molar-refractivity contribution < 1.29 is 35.9 Å². The Morgan fingerprint density at radius 3 is 2.52 bits per heavy atom. The van der Waals surface area contributed by atoms with Crippen LogP contribution < -0.4 is 0 Å². The monoisotopic (exact) mass is 444 g/mol. The topological polar surface area (TPSA) is 67.7 Å². The van der Waals surface area contributed by atoms with Crippen LogP contribution in [0.15, 0.2) is 48.0 Å². The van der Waals surface area contributed by atoms with Crippen LogP contribution in [0.4, 0.5) is 32.3 Å². The van der Waals surface area contributed by atoms with Crippen LogP contribution in [0.1, 0.15) is 11.1 Å². The van der Waals surface area contributed by atoms with Crippen LogP contribution in [0.2, 0.25) is 0 Å². The van der Waals surface area contributed by atoms with E-state index in [-0.39, 0.29) is 36.9 Å². The van der Waals surface area contributed by atoms with Gasteiger partial charge in [0.25, 0.3) is 5.91 Å². The number of hydrogen-bond donors (Lipinski definition) is 0. The lowest BCUT2D eigenvalue weighted by Gasteiger charge is -2.15. The highest BCUT2D eigenvalue weighted by Crippen LogP contribution is 2.31. The number of amides is 1. The maximum Gasteiger partial charge on any atom is 0.419 e. The summed E-state index contributed by atoms with van der Waals surface area (Å²) in [5, 5.41) is 0. The van der Waals surface area contributed by atoms with Crippen molar-refractivity contribution in [2.75, 3.05) is 13.1 Å². The summed E-state index contributed by atoms with van der Waals surface area (Å²) in [6.45, 7) is 2.30. The quantitative estimate of drug-likeness (QED) is 0.521. The first-order valence-corrected chi connectivity index (χ1v) is 8.70. The van der Waals surface area contributed by atoms with E-state index in [1.165, 1.54) is 0 Å². The number of aromatic nitrogens is 2. The molecule has 1 aliphatic heterocycles. The predicted octanol–water partition coefficient (Wildman–Crippen LogP) is 3.76. The van der Waals surface area contributed by atoms with E-state index in [0.717, 1.165) is 23.4 Å². The molecule has 0 unspecified atom stereocenters. The molecular weight excluding hydrogens is 430 g/mol. The van der Waals surface area contributed by atoms with Gasteiger partial charge in [0.2, 0.25) is 5.95 Å². The first kappa shape index (κ1) is 22.4. The van der Waals surface area contributed by atoms with E-state index in [4.69, 9.17) is 4.74 Å². The second kappa shape index (κ2) is 8.84. The number of carbonyl (C=O) groups is 1. The molecule has 164 valence electrons. The van der Waals surface area contributed by atoms with Crippen molar-refractivity contribution in [2.45, 2.75) is 18.9 Å². The van der Waals surface area contributed by atoms with Gasteiger partial charge in [0.05, 0.1) is 43.4 Å². The number of rotatable bonds is 5. The van der Waals surface area contributed by atoms with Gasteiger partial charge in [0.1, 0.15) is 11.9 Å². The molecule has 2 heterocycles. The Balaban J connectivity index is 1.79. The Bertz CT molecular complexity index is 1020. The van der Waals surface area contributed by atoms with Crippen molar-refractivity contribution in [3.63, 3.8) is 0 Å². The Kier molecular flexibility index (Phi) is 6.39. The van der Waals surface area contributed by atoms with E-state index in [0.29, 0.717) is 12.1 Å². The summed E-state index contributed by atoms with van der Waals surface area (Å²) in [6, 6.07) is 2.32. The van der Waals surface area contributed by atoms with Gasteiger partial charge in [-0.15, -0.1) is 0 Å². The Hall–Kier alpha value is -3.28. The van der Waals surface area contributed by atoms with Gasteiger partial charge in [-0.3, -0.25) is 4.79 Å². The summed E-state index contributed by atoms with van der Waals surface area (Å²) in [4.78, 5) is 24.3. The highest BCUT2D eigenvalue weighted by molar-refractivity contribution is 6.01. The number of alkyl halides is 3. The highest BCUT2D eigenvalue weighted by Gasteiger charge is 2.35. The number of benzene rings is 1. The molecule has 0 bridgehead atoms. The van der Waals surface area contributed by atoms with Crippen LogP contribution in [0.5, 0.6) is 0 Å². The molecule has 3 rings (SSSR count). The second-order valence-electron chi connectivity index (χ2n) is 6.51. The summed E-state index contributed by atoms with van der Waals surface area (Å²) in [6.07, 6.45) is -4.01. The maximum absolute atomic E-state index is 13.7. The number of carbonyl (C=O) groups excluding carboxylic acids is 1. The maximum atomic E-state index is 13.7. The lowest BCUT2D eigenvalue weighted by molar-refractivity contribution is -0.140. The fourth-order valence-corrected chi connectivity index (χ4v) is 2.82. The molecule has 1 fully saturated rings. The van der Waals surface area contributed by atoms with E-state index in [1.54, 1.807) is 0 Å². The normalized spacial score (nSPS) is 17.9. The molecule has 0 N–H and O–H groups in total. The highest BCUT2D eigenvalue weighted by atomic mass is 19.4. The molecular formula is C19H14F6N4O2. The number of aliphatic imine (C=N–C) groups is 1. The number of nitrogens with zero attached hydrogens (tertiary/aromatic N) is 4. The van der Waals surface area contributed by atoms with Crippen LogP contribution in [-0.2, 0) is 22.3 Å². The van der Waals surface area contributed by atoms with Crippen LogP contribution in [0.25, 0.3) is 0 Å².